The van der Waals surface area contributed by atoms with Gasteiger partial charge in [0.15, 0.2) is 0 Å². The van der Waals surface area contributed by atoms with Crippen LogP contribution in [0, 0.1) is 0 Å². The molecule has 0 radical (unpaired) electrons. The van der Waals surface area contributed by atoms with E-state index in [1.807, 2.05) is 6.07 Å². The van der Waals surface area contributed by atoms with E-state index in [2.05, 4.69) is 0 Å². The first-order valence-electron chi connectivity index (χ1n) is 7.74. The van der Waals surface area contributed by atoms with Crippen LogP contribution in [0.1, 0.15) is 38.1 Å². The van der Waals surface area contributed by atoms with Crippen LogP contribution >= 0.6 is 0 Å². The number of hydrogen-bond donors (Lipinski definition) is 0. The summed E-state index contributed by atoms with van der Waals surface area (Å²) in [6.07, 6.45) is 0.452. The maximum atomic E-state index is 12.1. The van der Waals surface area contributed by atoms with Crippen LogP contribution in [0.15, 0.2) is 42.5 Å². The third kappa shape index (κ3) is 5.38. The zero-order valence-corrected chi connectivity index (χ0v) is 14.2. The van der Waals surface area contributed by atoms with Gasteiger partial charge in [-0.25, -0.2) is 9.59 Å². The van der Waals surface area contributed by atoms with Crippen LogP contribution in [0.4, 0.5) is 4.79 Å². The Kier molecular flexibility index (Phi) is 5.62. The Balaban J connectivity index is 1.90. The molecule has 130 valence electrons. The van der Waals surface area contributed by atoms with Crippen molar-refractivity contribution in [2.24, 2.45) is 0 Å². The highest BCUT2D eigenvalue weighted by Gasteiger charge is 2.30. The summed E-state index contributed by atoms with van der Waals surface area (Å²) in [4.78, 5) is 23.7. The molecule has 0 saturated carbocycles. The predicted octanol–water partition coefficient (Wildman–Crippen LogP) is 3.46. The third-order valence-corrected chi connectivity index (χ3v) is 3.12. The number of rotatable bonds is 3. The second-order valence-corrected chi connectivity index (χ2v) is 6.41. The van der Waals surface area contributed by atoms with Crippen molar-refractivity contribution in [2.75, 3.05) is 0 Å². The van der Waals surface area contributed by atoms with Gasteiger partial charge in [0, 0.05) is 0 Å². The first-order chi connectivity index (χ1) is 11.2. The van der Waals surface area contributed by atoms with Gasteiger partial charge in [-0.15, -0.1) is 0 Å². The van der Waals surface area contributed by atoms with Gasteiger partial charge in [0.25, 0.3) is 0 Å². The first kappa shape index (κ1) is 18.0. The third-order valence-electron chi connectivity index (χ3n) is 3.12. The summed E-state index contributed by atoms with van der Waals surface area (Å²) in [7, 11) is 0. The fourth-order valence-corrected chi connectivity index (χ4v) is 2.03. The second-order valence-electron chi connectivity index (χ2n) is 6.41. The van der Waals surface area contributed by atoms with Crippen LogP contribution in [0.25, 0.3) is 0 Å². The van der Waals surface area contributed by atoms with Crippen molar-refractivity contribution in [3.05, 3.63) is 48.0 Å². The molecule has 24 heavy (non-hydrogen) atoms. The van der Waals surface area contributed by atoms with E-state index in [0.29, 0.717) is 5.56 Å². The van der Waals surface area contributed by atoms with Crippen LogP contribution in [0.5, 0.6) is 0 Å². The molecule has 0 fully saturated rings. The Morgan fingerprint density at radius 1 is 1.04 bits per heavy atom. The Morgan fingerprint density at radius 3 is 2.29 bits per heavy atom. The standard InChI is InChI=1S/C18H22O6/c1-12-14(22-16(19)13-8-6-5-7-9-13)10-11-15(21-12)23-17(20)24-18(2,3)4/h5-12,14-15H,1-4H3/t12-,14-,15?/m0/s1. The summed E-state index contributed by atoms with van der Waals surface area (Å²) in [5.74, 6) is -0.438. The van der Waals surface area contributed by atoms with Crippen LogP contribution in [0.2, 0.25) is 0 Å². The number of carbonyl (C=O) groups excluding carboxylic acids is 2. The zero-order valence-electron chi connectivity index (χ0n) is 14.2. The van der Waals surface area contributed by atoms with Crippen LogP contribution in [-0.4, -0.2) is 36.2 Å². The highest BCUT2D eigenvalue weighted by molar-refractivity contribution is 5.89. The lowest BCUT2D eigenvalue weighted by Gasteiger charge is -2.29. The van der Waals surface area contributed by atoms with E-state index in [9.17, 15) is 9.59 Å². The molecule has 6 heteroatoms. The van der Waals surface area contributed by atoms with Gasteiger partial charge >= 0.3 is 12.1 Å². The Hall–Kier alpha value is -2.34. The van der Waals surface area contributed by atoms with Crippen LogP contribution in [0.3, 0.4) is 0 Å². The molecule has 0 aliphatic carbocycles. The molecule has 0 N–H and O–H groups in total. The van der Waals surface area contributed by atoms with Crippen molar-refractivity contribution >= 4 is 12.1 Å². The van der Waals surface area contributed by atoms with Gasteiger partial charge in [0.1, 0.15) is 11.7 Å². The van der Waals surface area contributed by atoms with Crippen molar-refractivity contribution < 1.29 is 28.5 Å². The van der Waals surface area contributed by atoms with E-state index in [4.69, 9.17) is 18.9 Å². The SMILES string of the molecule is C[C@@H]1OC(OC(=O)OC(C)(C)C)C=C[C@@H]1OC(=O)c1ccccc1. The van der Waals surface area contributed by atoms with Gasteiger partial charge < -0.3 is 18.9 Å². The van der Waals surface area contributed by atoms with Gasteiger partial charge in [-0.1, -0.05) is 18.2 Å². The van der Waals surface area contributed by atoms with Gasteiger partial charge in [0.2, 0.25) is 6.29 Å². The molecule has 0 spiro atoms. The molecule has 0 saturated heterocycles. The van der Waals surface area contributed by atoms with E-state index < -0.39 is 36.2 Å². The molecular weight excluding hydrogens is 312 g/mol. The van der Waals surface area contributed by atoms with Crippen molar-refractivity contribution in [2.45, 2.75) is 51.8 Å². The van der Waals surface area contributed by atoms with Gasteiger partial charge in [-0.05, 0) is 52.0 Å². The summed E-state index contributed by atoms with van der Waals surface area (Å²) in [5.41, 5.74) is -0.181. The Bertz CT molecular complexity index is 602. The lowest BCUT2D eigenvalue weighted by molar-refractivity contribution is -0.156. The van der Waals surface area contributed by atoms with Crippen molar-refractivity contribution in [3.63, 3.8) is 0 Å². The zero-order chi connectivity index (χ0) is 17.7. The molecular formula is C18H22O6. The summed E-state index contributed by atoms with van der Waals surface area (Å²) < 4.78 is 21.1. The number of carbonyl (C=O) groups is 2. The first-order valence-corrected chi connectivity index (χ1v) is 7.74. The molecule has 1 unspecified atom stereocenters. The van der Waals surface area contributed by atoms with Crippen molar-refractivity contribution in [1.29, 1.82) is 0 Å². The quantitative estimate of drug-likeness (QED) is 0.623. The predicted molar refractivity (Wildman–Crippen MR) is 86.4 cm³/mol. The molecule has 1 aliphatic heterocycles. The van der Waals surface area contributed by atoms with Crippen molar-refractivity contribution in [3.8, 4) is 0 Å². The van der Waals surface area contributed by atoms with Crippen LogP contribution in [-0.2, 0) is 18.9 Å². The van der Waals surface area contributed by atoms with E-state index in [1.54, 1.807) is 58.0 Å². The summed E-state index contributed by atoms with van der Waals surface area (Å²) in [6.45, 7) is 6.96. The number of benzene rings is 1. The van der Waals surface area contributed by atoms with Crippen LogP contribution < -0.4 is 0 Å². The second kappa shape index (κ2) is 7.49. The van der Waals surface area contributed by atoms with E-state index in [1.165, 1.54) is 6.08 Å². The normalized spacial score (nSPS) is 23.4. The lowest BCUT2D eigenvalue weighted by Crippen LogP contribution is -2.38. The number of ether oxygens (including phenoxy) is 4. The van der Waals surface area contributed by atoms with Crippen molar-refractivity contribution in [1.82, 2.24) is 0 Å². The molecule has 1 aromatic rings. The molecule has 1 heterocycles. The average Bonchev–Trinajstić information content (AvgIpc) is 2.49. The molecule has 1 aliphatic rings. The molecule has 0 bridgehead atoms. The number of esters is 1. The average molecular weight is 334 g/mol. The minimum absolute atomic E-state index is 0.438. The monoisotopic (exact) mass is 334 g/mol. The highest BCUT2D eigenvalue weighted by atomic mass is 16.8. The molecule has 0 amide bonds. The van der Waals surface area contributed by atoms with Gasteiger partial charge in [-0.3, -0.25) is 0 Å². The largest absolute Gasteiger partial charge is 0.511 e. The topological polar surface area (TPSA) is 71.1 Å². The Morgan fingerprint density at radius 2 is 1.71 bits per heavy atom. The molecule has 3 atom stereocenters. The van der Waals surface area contributed by atoms with E-state index in [0.717, 1.165) is 0 Å². The Labute approximate surface area is 141 Å². The lowest BCUT2D eigenvalue weighted by atomic mass is 10.1. The molecule has 1 aromatic carbocycles. The summed E-state index contributed by atoms with van der Waals surface area (Å²) >= 11 is 0. The van der Waals surface area contributed by atoms with Gasteiger partial charge in [0.05, 0.1) is 11.7 Å². The minimum atomic E-state index is -0.874. The fourth-order valence-electron chi connectivity index (χ4n) is 2.03. The maximum absolute atomic E-state index is 12.1. The fraction of sp³-hybridized carbons (Fsp3) is 0.444. The maximum Gasteiger partial charge on any atom is 0.511 e. The summed E-state index contributed by atoms with van der Waals surface area (Å²) in [5, 5.41) is 0. The molecule has 6 nitrogen and oxygen atoms in total. The smallest absolute Gasteiger partial charge is 0.452 e. The van der Waals surface area contributed by atoms with Gasteiger partial charge in [-0.2, -0.15) is 0 Å². The summed E-state index contributed by atoms with van der Waals surface area (Å²) in [6, 6.07) is 8.70. The molecule has 0 aromatic heterocycles. The molecule has 2 rings (SSSR count). The minimum Gasteiger partial charge on any atom is -0.452 e. The highest BCUT2D eigenvalue weighted by Crippen LogP contribution is 2.19. The number of hydrogen-bond acceptors (Lipinski definition) is 6. The van der Waals surface area contributed by atoms with E-state index in [-0.39, 0.29) is 0 Å². The van der Waals surface area contributed by atoms with E-state index >= 15 is 0 Å².